The van der Waals surface area contributed by atoms with Gasteiger partial charge in [-0.1, -0.05) is 27.7 Å². The van der Waals surface area contributed by atoms with E-state index in [4.69, 9.17) is 12.2 Å². The minimum Gasteiger partial charge on any atom is -0.328 e. The molecular formula is C13H22N4S. The van der Waals surface area contributed by atoms with Gasteiger partial charge in [-0.05, 0) is 30.5 Å². The number of H-pyrrole nitrogens is 1. The Balaban J connectivity index is 2.61. The number of aryl methyl sites for hydroxylation is 2. The maximum absolute atomic E-state index is 5.46. The molecule has 0 aromatic carbocycles. The third kappa shape index (κ3) is 2.11. The van der Waals surface area contributed by atoms with Crippen molar-refractivity contribution >= 4 is 23.4 Å². The second-order valence-corrected chi connectivity index (χ2v) is 6.04. The lowest BCUT2D eigenvalue weighted by Crippen LogP contribution is -2.19. The highest BCUT2D eigenvalue weighted by molar-refractivity contribution is 7.71. The first-order chi connectivity index (χ1) is 8.39. The molecule has 0 radical (unpaired) electrons. The van der Waals surface area contributed by atoms with Crippen LogP contribution in [0, 0.1) is 10.2 Å². The summed E-state index contributed by atoms with van der Waals surface area (Å²) in [6.07, 6.45) is 2.05. The van der Waals surface area contributed by atoms with E-state index in [0.29, 0.717) is 0 Å². The Morgan fingerprint density at radius 3 is 2.56 bits per heavy atom. The lowest BCUT2D eigenvalue weighted by atomic mass is 9.90. The summed E-state index contributed by atoms with van der Waals surface area (Å²) in [5, 5.41) is 4.54. The molecular weight excluding hydrogens is 244 g/mol. The Labute approximate surface area is 113 Å². The summed E-state index contributed by atoms with van der Waals surface area (Å²) in [6, 6.07) is 0. The van der Waals surface area contributed by atoms with Gasteiger partial charge in [-0.2, -0.15) is 5.10 Å². The van der Waals surface area contributed by atoms with Gasteiger partial charge in [0.1, 0.15) is 5.52 Å². The van der Waals surface area contributed by atoms with Crippen LogP contribution in [0.1, 0.15) is 39.8 Å². The molecule has 2 aromatic heterocycles. The van der Waals surface area contributed by atoms with E-state index in [1.165, 1.54) is 0 Å². The molecule has 0 aliphatic rings. The minimum atomic E-state index is 0.240. The molecule has 2 heterocycles. The van der Waals surface area contributed by atoms with E-state index in [2.05, 4.69) is 42.3 Å². The molecule has 0 atom stereocenters. The van der Waals surface area contributed by atoms with E-state index in [0.717, 1.165) is 41.0 Å². The lowest BCUT2D eigenvalue weighted by molar-refractivity contribution is 0.295. The van der Waals surface area contributed by atoms with E-state index in [-0.39, 0.29) is 5.41 Å². The standard InChI is InChI=1S/C13H22N4S/c1-6-9-10-11(16(5)15-9)17(12(18)14-10)8-13(3,4)7-2/h6-8H2,1-5H3,(H,14,18). The second-order valence-electron chi connectivity index (χ2n) is 5.66. The summed E-state index contributed by atoms with van der Waals surface area (Å²) >= 11 is 5.46. The summed E-state index contributed by atoms with van der Waals surface area (Å²) in [5.74, 6) is 0. The number of aromatic amines is 1. The SMILES string of the molecule is CCc1nn(C)c2c1[nH]c(=S)n2CC(C)(C)CC. The van der Waals surface area contributed by atoms with E-state index in [1.54, 1.807) is 0 Å². The van der Waals surface area contributed by atoms with Crippen molar-refractivity contribution in [3.63, 3.8) is 0 Å². The number of fused-ring (bicyclic) bond motifs is 1. The molecule has 18 heavy (non-hydrogen) atoms. The molecule has 5 heteroatoms. The van der Waals surface area contributed by atoms with E-state index < -0.39 is 0 Å². The van der Waals surface area contributed by atoms with Crippen LogP contribution in [-0.2, 0) is 20.0 Å². The van der Waals surface area contributed by atoms with Crippen molar-refractivity contribution in [2.75, 3.05) is 0 Å². The van der Waals surface area contributed by atoms with Crippen molar-refractivity contribution in [2.24, 2.45) is 12.5 Å². The molecule has 100 valence electrons. The van der Waals surface area contributed by atoms with Crippen LogP contribution in [0.25, 0.3) is 11.2 Å². The summed E-state index contributed by atoms with van der Waals surface area (Å²) in [6.45, 7) is 9.79. The molecule has 0 fully saturated rings. The Bertz CT molecular complexity index is 615. The second kappa shape index (κ2) is 4.53. The molecule has 0 amide bonds. The Morgan fingerprint density at radius 2 is 2.00 bits per heavy atom. The zero-order valence-corrected chi connectivity index (χ0v) is 12.7. The average Bonchev–Trinajstić information content (AvgIpc) is 2.78. The van der Waals surface area contributed by atoms with Gasteiger partial charge in [0.05, 0.1) is 5.69 Å². The Hall–Kier alpha value is -1.10. The fraction of sp³-hybridized carbons (Fsp3) is 0.692. The van der Waals surface area contributed by atoms with Crippen molar-refractivity contribution in [3.05, 3.63) is 10.5 Å². The van der Waals surface area contributed by atoms with Gasteiger partial charge < -0.3 is 9.55 Å². The van der Waals surface area contributed by atoms with Crippen molar-refractivity contribution in [1.82, 2.24) is 19.3 Å². The lowest BCUT2D eigenvalue weighted by Gasteiger charge is -2.23. The number of hydrogen-bond donors (Lipinski definition) is 1. The van der Waals surface area contributed by atoms with Gasteiger partial charge in [-0.3, -0.25) is 4.68 Å². The number of imidazole rings is 1. The molecule has 2 aromatic rings. The highest BCUT2D eigenvalue weighted by Crippen LogP contribution is 2.26. The summed E-state index contributed by atoms with van der Waals surface area (Å²) in [7, 11) is 1.99. The first kappa shape index (κ1) is 13.3. The van der Waals surface area contributed by atoms with Gasteiger partial charge in [-0.15, -0.1) is 0 Å². The zero-order valence-electron chi connectivity index (χ0n) is 11.9. The Morgan fingerprint density at radius 1 is 1.33 bits per heavy atom. The third-order valence-corrected chi connectivity index (χ3v) is 4.02. The van der Waals surface area contributed by atoms with E-state index in [9.17, 15) is 0 Å². The van der Waals surface area contributed by atoms with Gasteiger partial charge in [0.15, 0.2) is 10.4 Å². The maximum Gasteiger partial charge on any atom is 0.179 e. The van der Waals surface area contributed by atoms with Gasteiger partial charge in [-0.25, -0.2) is 0 Å². The zero-order chi connectivity index (χ0) is 13.5. The molecule has 1 N–H and O–H groups in total. The maximum atomic E-state index is 5.46. The fourth-order valence-electron chi connectivity index (χ4n) is 2.21. The summed E-state index contributed by atoms with van der Waals surface area (Å²) in [5.41, 5.74) is 3.53. The van der Waals surface area contributed by atoms with Gasteiger partial charge in [0.2, 0.25) is 0 Å². The molecule has 0 saturated carbocycles. The Kier molecular flexibility index (Phi) is 3.36. The molecule has 0 bridgehead atoms. The first-order valence-electron chi connectivity index (χ1n) is 6.54. The van der Waals surface area contributed by atoms with Gasteiger partial charge in [0.25, 0.3) is 0 Å². The number of hydrogen-bond acceptors (Lipinski definition) is 2. The highest BCUT2D eigenvalue weighted by atomic mass is 32.1. The summed E-state index contributed by atoms with van der Waals surface area (Å²) in [4.78, 5) is 3.31. The predicted molar refractivity (Wildman–Crippen MR) is 77.3 cm³/mol. The molecule has 0 saturated heterocycles. The number of nitrogens with zero attached hydrogens (tertiary/aromatic N) is 3. The third-order valence-electron chi connectivity index (χ3n) is 3.70. The van der Waals surface area contributed by atoms with E-state index >= 15 is 0 Å². The first-order valence-corrected chi connectivity index (χ1v) is 6.95. The van der Waals surface area contributed by atoms with Crippen molar-refractivity contribution in [1.29, 1.82) is 0 Å². The monoisotopic (exact) mass is 266 g/mol. The van der Waals surface area contributed by atoms with Crippen LogP contribution in [0.2, 0.25) is 0 Å². The van der Waals surface area contributed by atoms with Crippen molar-refractivity contribution in [2.45, 2.75) is 47.1 Å². The number of nitrogens with one attached hydrogen (secondary N) is 1. The minimum absolute atomic E-state index is 0.240. The van der Waals surface area contributed by atoms with E-state index in [1.807, 2.05) is 11.7 Å². The quantitative estimate of drug-likeness (QED) is 0.861. The van der Waals surface area contributed by atoms with Gasteiger partial charge in [0, 0.05) is 13.6 Å². The molecule has 0 spiro atoms. The molecule has 2 rings (SSSR count). The number of rotatable bonds is 4. The van der Waals surface area contributed by atoms with Crippen LogP contribution < -0.4 is 0 Å². The van der Waals surface area contributed by atoms with Crippen LogP contribution in [-0.4, -0.2) is 19.3 Å². The van der Waals surface area contributed by atoms with Crippen LogP contribution in [0.15, 0.2) is 0 Å². The van der Waals surface area contributed by atoms with Gasteiger partial charge >= 0.3 is 0 Å². The van der Waals surface area contributed by atoms with Crippen LogP contribution >= 0.6 is 12.2 Å². The predicted octanol–water partition coefficient (Wildman–Crippen LogP) is 3.43. The van der Waals surface area contributed by atoms with Crippen molar-refractivity contribution < 1.29 is 0 Å². The average molecular weight is 266 g/mol. The van der Waals surface area contributed by atoms with Crippen LogP contribution in [0.4, 0.5) is 0 Å². The number of aromatic nitrogens is 4. The molecule has 4 nitrogen and oxygen atoms in total. The topological polar surface area (TPSA) is 38.5 Å². The molecule has 0 aliphatic heterocycles. The molecule has 0 aliphatic carbocycles. The summed E-state index contributed by atoms with van der Waals surface area (Å²) < 4.78 is 4.92. The largest absolute Gasteiger partial charge is 0.328 e. The van der Waals surface area contributed by atoms with Crippen LogP contribution in [0.5, 0.6) is 0 Å². The highest BCUT2D eigenvalue weighted by Gasteiger charge is 2.21. The smallest absolute Gasteiger partial charge is 0.179 e. The fourth-order valence-corrected chi connectivity index (χ4v) is 2.46. The van der Waals surface area contributed by atoms with Crippen LogP contribution in [0.3, 0.4) is 0 Å². The normalized spacial score (nSPS) is 12.5. The van der Waals surface area contributed by atoms with Crippen molar-refractivity contribution in [3.8, 4) is 0 Å². The molecule has 0 unspecified atom stereocenters.